The maximum Gasteiger partial charge on any atom is 0.237 e. The maximum atomic E-state index is 12.1. The van der Waals surface area contributed by atoms with E-state index in [0.717, 1.165) is 29.3 Å². The number of aromatic amines is 1. The van der Waals surface area contributed by atoms with Crippen LogP contribution in [0.15, 0.2) is 30.5 Å². The molecule has 5 nitrogen and oxygen atoms in total. The van der Waals surface area contributed by atoms with E-state index in [-0.39, 0.29) is 18.1 Å². The van der Waals surface area contributed by atoms with Crippen LogP contribution < -0.4 is 11.1 Å². The molecule has 4 N–H and O–H groups in total. The highest BCUT2D eigenvalue weighted by atomic mass is 16.5. The van der Waals surface area contributed by atoms with Crippen molar-refractivity contribution < 1.29 is 9.53 Å². The summed E-state index contributed by atoms with van der Waals surface area (Å²) in [6.45, 7) is 0. The number of hydrogen-bond donors (Lipinski definition) is 3. The minimum Gasteiger partial charge on any atom is -0.381 e. The quantitative estimate of drug-likeness (QED) is 0.776. The maximum absolute atomic E-state index is 12.1. The minimum absolute atomic E-state index is 0.0835. The Morgan fingerprint density at radius 3 is 3.00 bits per heavy atom. The van der Waals surface area contributed by atoms with Crippen molar-refractivity contribution in [3.63, 3.8) is 0 Å². The Kier molecular flexibility index (Phi) is 3.94. The molecule has 0 spiro atoms. The first kappa shape index (κ1) is 14.1. The monoisotopic (exact) mass is 287 g/mol. The fourth-order valence-corrected chi connectivity index (χ4v) is 2.81. The molecule has 2 aromatic rings. The standard InChI is InChI=1S/C16H21N3O2/c1-21-12-7-11(8-12)19-16(20)14(17)6-10-9-18-15-5-3-2-4-13(10)15/h2-5,9,11-12,14,18H,6-8,17H2,1H3,(H,19,20)/t11?,12?,14-/m0/s1. The SMILES string of the molecule is COC1CC(NC(=O)[C@@H](N)Cc2c[nH]c3ccccc23)C1. The number of carbonyl (C=O) groups is 1. The highest BCUT2D eigenvalue weighted by molar-refractivity contribution is 5.86. The number of rotatable bonds is 5. The van der Waals surface area contributed by atoms with Crippen LogP contribution in [0.1, 0.15) is 18.4 Å². The van der Waals surface area contributed by atoms with Crippen LogP contribution in [0.25, 0.3) is 10.9 Å². The van der Waals surface area contributed by atoms with Crippen molar-refractivity contribution in [3.05, 3.63) is 36.0 Å². The van der Waals surface area contributed by atoms with E-state index in [4.69, 9.17) is 10.5 Å². The van der Waals surface area contributed by atoms with Crippen molar-refractivity contribution in [2.45, 2.75) is 37.5 Å². The first-order chi connectivity index (χ1) is 10.2. The van der Waals surface area contributed by atoms with Crippen molar-refractivity contribution in [1.29, 1.82) is 0 Å². The molecule has 3 rings (SSSR count). The van der Waals surface area contributed by atoms with Gasteiger partial charge in [-0.3, -0.25) is 4.79 Å². The number of para-hydroxylation sites is 1. The number of fused-ring (bicyclic) bond motifs is 1. The van der Waals surface area contributed by atoms with Gasteiger partial charge in [0.2, 0.25) is 5.91 Å². The van der Waals surface area contributed by atoms with Gasteiger partial charge in [-0.15, -0.1) is 0 Å². The molecule has 0 bridgehead atoms. The summed E-state index contributed by atoms with van der Waals surface area (Å²) in [7, 11) is 1.70. The van der Waals surface area contributed by atoms with Crippen LogP contribution in [0, 0.1) is 0 Å². The molecule has 0 unspecified atom stereocenters. The third kappa shape index (κ3) is 2.94. The van der Waals surface area contributed by atoms with Gasteiger partial charge in [0.15, 0.2) is 0 Å². The van der Waals surface area contributed by atoms with Crippen LogP contribution in [0.5, 0.6) is 0 Å². The molecule has 0 radical (unpaired) electrons. The summed E-state index contributed by atoms with van der Waals surface area (Å²) in [5, 5.41) is 4.12. The van der Waals surface area contributed by atoms with Gasteiger partial charge >= 0.3 is 0 Å². The average molecular weight is 287 g/mol. The molecule has 0 aliphatic heterocycles. The van der Waals surface area contributed by atoms with Crippen molar-refractivity contribution in [1.82, 2.24) is 10.3 Å². The van der Waals surface area contributed by atoms with Gasteiger partial charge in [-0.1, -0.05) is 18.2 Å². The Morgan fingerprint density at radius 1 is 1.48 bits per heavy atom. The summed E-state index contributed by atoms with van der Waals surface area (Å²) >= 11 is 0. The third-order valence-electron chi connectivity index (χ3n) is 4.23. The molecule has 1 fully saturated rings. The molecule has 5 heteroatoms. The van der Waals surface area contributed by atoms with E-state index in [1.807, 2.05) is 30.5 Å². The van der Waals surface area contributed by atoms with E-state index in [9.17, 15) is 4.79 Å². The number of nitrogens with two attached hydrogens (primary N) is 1. The van der Waals surface area contributed by atoms with Crippen LogP contribution in [0.4, 0.5) is 0 Å². The summed E-state index contributed by atoms with van der Waals surface area (Å²) in [6.07, 6.45) is 4.50. The first-order valence-electron chi connectivity index (χ1n) is 7.31. The number of nitrogens with one attached hydrogen (secondary N) is 2. The lowest BCUT2D eigenvalue weighted by atomic mass is 9.89. The molecule has 1 aliphatic carbocycles. The fourth-order valence-electron chi connectivity index (χ4n) is 2.81. The van der Waals surface area contributed by atoms with Gasteiger partial charge < -0.3 is 20.8 Å². The Labute approximate surface area is 123 Å². The van der Waals surface area contributed by atoms with E-state index >= 15 is 0 Å². The highest BCUT2D eigenvalue weighted by Crippen LogP contribution is 2.23. The van der Waals surface area contributed by atoms with E-state index in [1.54, 1.807) is 7.11 Å². The van der Waals surface area contributed by atoms with Crippen LogP contribution in [-0.4, -0.2) is 36.2 Å². The normalized spacial score (nSPS) is 22.8. The van der Waals surface area contributed by atoms with Crippen molar-refractivity contribution in [3.8, 4) is 0 Å². The number of hydrogen-bond acceptors (Lipinski definition) is 3. The summed E-state index contributed by atoms with van der Waals surface area (Å²) in [4.78, 5) is 15.3. The van der Waals surface area contributed by atoms with E-state index in [1.165, 1.54) is 0 Å². The van der Waals surface area contributed by atoms with Crippen molar-refractivity contribution in [2.75, 3.05) is 7.11 Å². The van der Waals surface area contributed by atoms with Gasteiger partial charge in [0, 0.05) is 30.3 Å². The lowest BCUT2D eigenvalue weighted by Gasteiger charge is -2.35. The molecule has 1 aromatic carbocycles. The third-order valence-corrected chi connectivity index (χ3v) is 4.23. The zero-order valence-corrected chi connectivity index (χ0v) is 12.1. The highest BCUT2D eigenvalue weighted by Gasteiger charge is 2.31. The number of ether oxygens (including phenoxy) is 1. The van der Waals surface area contributed by atoms with Crippen LogP contribution in [-0.2, 0) is 16.0 Å². The molecule has 1 atom stereocenters. The Hall–Kier alpha value is -1.85. The minimum atomic E-state index is -0.522. The number of carbonyl (C=O) groups excluding carboxylic acids is 1. The van der Waals surface area contributed by atoms with Gasteiger partial charge in [0.1, 0.15) is 0 Å². The summed E-state index contributed by atoms with van der Waals surface area (Å²) < 4.78 is 5.21. The largest absolute Gasteiger partial charge is 0.381 e. The van der Waals surface area contributed by atoms with Crippen LogP contribution in [0.2, 0.25) is 0 Å². The predicted molar refractivity (Wildman–Crippen MR) is 81.9 cm³/mol. The molecule has 112 valence electrons. The lowest BCUT2D eigenvalue weighted by molar-refractivity contribution is -0.124. The molecule has 1 aromatic heterocycles. The molecule has 1 saturated carbocycles. The Morgan fingerprint density at radius 2 is 2.24 bits per heavy atom. The Balaban J connectivity index is 1.58. The summed E-state index contributed by atoms with van der Waals surface area (Å²) in [6, 6.07) is 7.72. The lowest BCUT2D eigenvalue weighted by Crippen LogP contribution is -2.52. The van der Waals surface area contributed by atoms with Gasteiger partial charge in [-0.25, -0.2) is 0 Å². The van der Waals surface area contributed by atoms with E-state index in [2.05, 4.69) is 10.3 Å². The number of H-pyrrole nitrogens is 1. The first-order valence-corrected chi connectivity index (χ1v) is 7.31. The second-order valence-electron chi connectivity index (χ2n) is 5.70. The molecule has 21 heavy (non-hydrogen) atoms. The number of benzene rings is 1. The second kappa shape index (κ2) is 5.87. The average Bonchev–Trinajstić information content (AvgIpc) is 2.85. The zero-order chi connectivity index (χ0) is 14.8. The van der Waals surface area contributed by atoms with Crippen molar-refractivity contribution >= 4 is 16.8 Å². The smallest absolute Gasteiger partial charge is 0.237 e. The number of amides is 1. The predicted octanol–water partition coefficient (Wildman–Crippen LogP) is 1.33. The molecular weight excluding hydrogens is 266 g/mol. The summed E-state index contributed by atoms with van der Waals surface area (Å²) in [5.74, 6) is -0.0835. The number of aromatic nitrogens is 1. The molecule has 1 aliphatic rings. The van der Waals surface area contributed by atoms with Gasteiger partial charge in [-0.2, -0.15) is 0 Å². The van der Waals surface area contributed by atoms with Gasteiger partial charge in [0.25, 0.3) is 0 Å². The zero-order valence-electron chi connectivity index (χ0n) is 12.1. The fraction of sp³-hybridized carbons (Fsp3) is 0.438. The van der Waals surface area contributed by atoms with Crippen LogP contribution in [0.3, 0.4) is 0 Å². The van der Waals surface area contributed by atoms with Gasteiger partial charge in [-0.05, 0) is 30.9 Å². The topological polar surface area (TPSA) is 80.1 Å². The van der Waals surface area contributed by atoms with Crippen LogP contribution >= 0.6 is 0 Å². The van der Waals surface area contributed by atoms with E-state index < -0.39 is 6.04 Å². The summed E-state index contributed by atoms with van der Waals surface area (Å²) in [5.41, 5.74) is 8.19. The molecule has 1 heterocycles. The molecule has 1 amide bonds. The number of methoxy groups -OCH3 is 1. The van der Waals surface area contributed by atoms with Crippen molar-refractivity contribution in [2.24, 2.45) is 5.73 Å². The van der Waals surface area contributed by atoms with E-state index in [0.29, 0.717) is 6.42 Å². The Bertz CT molecular complexity index is 631. The van der Waals surface area contributed by atoms with Gasteiger partial charge in [0.05, 0.1) is 12.1 Å². The molecular formula is C16H21N3O2. The molecule has 0 saturated heterocycles. The second-order valence-corrected chi connectivity index (χ2v) is 5.70.